The number of carboxylic acid groups (broad SMARTS) is 1. The third kappa shape index (κ3) is 2.38. The largest absolute Gasteiger partial charge is 0.481 e. The second kappa shape index (κ2) is 4.72. The van der Waals surface area contributed by atoms with Crippen LogP contribution < -0.4 is 0 Å². The predicted molar refractivity (Wildman–Crippen MR) is 62.4 cm³/mol. The van der Waals surface area contributed by atoms with Crippen LogP contribution in [0, 0.1) is 11.8 Å². The quantitative estimate of drug-likeness (QED) is 0.754. The molecule has 0 saturated carbocycles. The maximum Gasteiger partial charge on any atom is 0.308 e. The molecule has 3 unspecified atom stereocenters. The average molecular weight is 226 g/mol. The van der Waals surface area contributed by atoms with Crippen molar-refractivity contribution in [2.24, 2.45) is 11.8 Å². The molecule has 4 nitrogen and oxygen atoms in total. The minimum atomic E-state index is -0.626. The van der Waals surface area contributed by atoms with E-state index in [1.54, 1.807) is 0 Å². The molecule has 0 spiro atoms. The second-order valence-corrected chi connectivity index (χ2v) is 5.43. The zero-order valence-electron chi connectivity index (χ0n) is 10.2. The Balaban J connectivity index is 1.94. The molecule has 16 heavy (non-hydrogen) atoms. The number of hydrogen-bond donors (Lipinski definition) is 1. The molecule has 2 heterocycles. The Morgan fingerprint density at radius 2 is 2.06 bits per heavy atom. The Bertz CT molecular complexity index is 270. The normalized spacial score (nSPS) is 37.8. The molecule has 2 rings (SSSR count). The molecule has 0 bridgehead atoms. The number of likely N-dealkylation sites (N-methyl/N-ethyl adjacent to an activating group) is 1. The second-order valence-electron chi connectivity index (χ2n) is 5.43. The molecule has 0 radical (unpaired) electrons. The van der Waals surface area contributed by atoms with E-state index in [0.717, 1.165) is 19.6 Å². The Labute approximate surface area is 97.2 Å². The van der Waals surface area contributed by atoms with Gasteiger partial charge in [0, 0.05) is 25.7 Å². The molecule has 92 valence electrons. The van der Waals surface area contributed by atoms with Crippen LogP contribution in [0.2, 0.25) is 0 Å². The van der Waals surface area contributed by atoms with Crippen LogP contribution in [0.1, 0.15) is 19.8 Å². The first kappa shape index (κ1) is 11.9. The van der Waals surface area contributed by atoms with E-state index in [1.165, 1.54) is 19.4 Å². The van der Waals surface area contributed by atoms with Crippen LogP contribution in [0.4, 0.5) is 0 Å². The molecule has 2 fully saturated rings. The van der Waals surface area contributed by atoms with Crippen LogP contribution in [0.25, 0.3) is 0 Å². The summed E-state index contributed by atoms with van der Waals surface area (Å²) in [4.78, 5) is 15.8. The Hall–Kier alpha value is -0.610. The topological polar surface area (TPSA) is 43.8 Å². The van der Waals surface area contributed by atoms with E-state index in [9.17, 15) is 4.79 Å². The molecule has 2 aliphatic heterocycles. The van der Waals surface area contributed by atoms with E-state index in [-0.39, 0.29) is 5.92 Å². The molecule has 0 aromatic heterocycles. The highest BCUT2D eigenvalue weighted by Gasteiger charge is 2.38. The predicted octanol–water partition coefficient (Wildman–Crippen LogP) is 0.733. The van der Waals surface area contributed by atoms with Crippen LogP contribution in [-0.2, 0) is 4.79 Å². The molecular weight excluding hydrogens is 204 g/mol. The van der Waals surface area contributed by atoms with E-state index in [0.29, 0.717) is 12.0 Å². The number of nitrogens with zero attached hydrogens (tertiary/aromatic N) is 2. The van der Waals surface area contributed by atoms with Gasteiger partial charge in [0.25, 0.3) is 0 Å². The van der Waals surface area contributed by atoms with E-state index in [1.807, 2.05) is 0 Å². The highest BCUT2D eigenvalue weighted by atomic mass is 16.4. The van der Waals surface area contributed by atoms with Gasteiger partial charge in [-0.2, -0.15) is 0 Å². The smallest absolute Gasteiger partial charge is 0.308 e. The summed E-state index contributed by atoms with van der Waals surface area (Å²) in [6.45, 7) is 6.04. The van der Waals surface area contributed by atoms with Gasteiger partial charge in [-0.25, -0.2) is 0 Å². The molecule has 0 aliphatic carbocycles. The fraction of sp³-hybridized carbons (Fsp3) is 0.917. The van der Waals surface area contributed by atoms with Gasteiger partial charge in [0.1, 0.15) is 0 Å². The van der Waals surface area contributed by atoms with E-state index >= 15 is 0 Å². The van der Waals surface area contributed by atoms with Crippen molar-refractivity contribution in [2.45, 2.75) is 25.8 Å². The lowest BCUT2D eigenvalue weighted by atomic mass is 9.99. The summed E-state index contributed by atoms with van der Waals surface area (Å²) in [6, 6.07) is 0.575. The molecule has 0 amide bonds. The third-order valence-electron chi connectivity index (χ3n) is 4.07. The lowest BCUT2D eigenvalue weighted by Crippen LogP contribution is -2.45. The van der Waals surface area contributed by atoms with E-state index < -0.39 is 5.97 Å². The van der Waals surface area contributed by atoms with Crippen LogP contribution in [0.5, 0.6) is 0 Å². The number of carbonyl (C=O) groups is 1. The molecule has 1 N–H and O–H groups in total. The lowest BCUT2D eigenvalue weighted by Gasteiger charge is -2.35. The van der Waals surface area contributed by atoms with Crippen molar-refractivity contribution in [2.75, 3.05) is 33.2 Å². The van der Waals surface area contributed by atoms with Gasteiger partial charge in [0.05, 0.1) is 5.92 Å². The molecular formula is C12H22N2O2. The van der Waals surface area contributed by atoms with Crippen LogP contribution in [0.15, 0.2) is 0 Å². The Kier molecular flexibility index (Phi) is 3.50. The molecule has 2 aliphatic rings. The number of piperidine rings is 1. The molecule has 0 aromatic rings. The van der Waals surface area contributed by atoms with Crippen LogP contribution >= 0.6 is 0 Å². The fourth-order valence-corrected chi connectivity index (χ4v) is 3.06. The summed E-state index contributed by atoms with van der Waals surface area (Å²) in [7, 11) is 2.15. The van der Waals surface area contributed by atoms with Crippen molar-refractivity contribution in [3.63, 3.8) is 0 Å². The van der Waals surface area contributed by atoms with Crippen molar-refractivity contribution < 1.29 is 9.90 Å². The van der Waals surface area contributed by atoms with Crippen molar-refractivity contribution in [3.05, 3.63) is 0 Å². The first-order valence-electron chi connectivity index (χ1n) is 6.23. The maximum absolute atomic E-state index is 11.1. The van der Waals surface area contributed by atoms with Crippen molar-refractivity contribution in [3.8, 4) is 0 Å². The molecule has 2 saturated heterocycles. The van der Waals surface area contributed by atoms with Gasteiger partial charge < -0.3 is 10.0 Å². The molecule has 4 heteroatoms. The van der Waals surface area contributed by atoms with Gasteiger partial charge in [0.2, 0.25) is 0 Å². The number of carboxylic acids is 1. The summed E-state index contributed by atoms with van der Waals surface area (Å²) in [5, 5.41) is 9.11. The minimum absolute atomic E-state index is 0.160. The summed E-state index contributed by atoms with van der Waals surface area (Å²) in [6.07, 6.45) is 2.47. The van der Waals surface area contributed by atoms with Crippen molar-refractivity contribution >= 4 is 5.97 Å². The number of likely N-dealkylation sites (tertiary alicyclic amines) is 2. The van der Waals surface area contributed by atoms with Gasteiger partial charge in [0.15, 0.2) is 0 Å². The monoisotopic (exact) mass is 226 g/mol. The summed E-state index contributed by atoms with van der Waals surface area (Å²) >= 11 is 0. The number of rotatable bonds is 2. The lowest BCUT2D eigenvalue weighted by molar-refractivity contribution is -0.142. The van der Waals surface area contributed by atoms with Gasteiger partial charge in [-0.3, -0.25) is 9.69 Å². The Morgan fingerprint density at radius 3 is 2.62 bits per heavy atom. The highest BCUT2D eigenvalue weighted by molar-refractivity contribution is 5.71. The minimum Gasteiger partial charge on any atom is -0.481 e. The summed E-state index contributed by atoms with van der Waals surface area (Å²) in [5.41, 5.74) is 0. The zero-order chi connectivity index (χ0) is 11.7. The average Bonchev–Trinajstić information content (AvgIpc) is 2.60. The van der Waals surface area contributed by atoms with Gasteiger partial charge in [-0.15, -0.1) is 0 Å². The van der Waals surface area contributed by atoms with Crippen LogP contribution in [-0.4, -0.2) is 60.1 Å². The van der Waals surface area contributed by atoms with E-state index in [4.69, 9.17) is 5.11 Å². The van der Waals surface area contributed by atoms with Crippen molar-refractivity contribution in [1.82, 2.24) is 9.80 Å². The summed E-state index contributed by atoms with van der Waals surface area (Å²) < 4.78 is 0. The maximum atomic E-state index is 11.1. The van der Waals surface area contributed by atoms with Gasteiger partial charge in [-0.05, 0) is 32.4 Å². The number of hydrogen-bond acceptors (Lipinski definition) is 3. The molecule has 0 aromatic carbocycles. The summed E-state index contributed by atoms with van der Waals surface area (Å²) in [5.74, 6) is -0.490. The first-order valence-corrected chi connectivity index (χ1v) is 6.23. The van der Waals surface area contributed by atoms with Crippen molar-refractivity contribution in [1.29, 1.82) is 0 Å². The fourth-order valence-electron chi connectivity index (χ4n) is 3.06. The standard InChI is InChI=1S/C12H22N2O2/c1-9-6-14(8-11(9)12(15)16)10-4-3-5-13(2)7-10/h9-11H,3-8H2,1-2H3,(H,15,16). The third-order valence-corrected chi connectivity index (χ3v) is 4.07. The van der Waals surface area contributed by atoms with Gasteiger partial charge in [-0.1, -0.05) is 6.92 Å². The number of aliphatic carboxylic acids is 1. The Morgan fingerprint density at radius 1 is 1.31 bits per heavy atom. The first-order chi connectivity index (χ1) is 7.58. The SMILES string of the molecule is CC1CN(C2CCCN(C)C2)CC1C(=O)O. The van der Waals surface area contributed by atoms with E-state index in [2.05, 4.69) is 23.8 Å². The molecule has 3 atom stereocenters. The zero-order valence-corrected chi connectivity index (χ0v) is 10.2. The highest BCUT2D eigenvalue weighted by Crippen LogP contribution is 2.27. The van der Waals surface area contributed by atoms with Gasteiger partial charge >= 0.3 is 5.97 Å². The van der Waals surface area contributed by atoms with Crippen LogP contribution in [0.3, 0.4) is 0 Å².